The Morgan fingerprint density at radius 1 is 0.815 bits per heavy atom. The van der Waals surface area contributed by atoms with Crippen LogP contribution in [0.4, 0.5) is 0 Å². The highest BCUT2D eigenvalue weighted by molar-refractivity contribution is 7.85. The minimum atomic E-state index is -4.23. The van der Waals surface area contributed by atoms with Crippen molar-refractivity contribution >= 4 is 16.1 Å². The van der Waals surface area contributed by atoms with Crippen LogP contribution in [-0.4, -0.2) is 18.9 Å². The molecule has 0 bridgehead atoms. The van der Waals surface area contributed by atoms with Gasteiger partial charge in [0, 0.05) is 6.42 Å². The van der Waals surface area contributed by atoms with E-state index in [4.69, 9.17) is 9.29 Å². The first kappa shape index (κ1) is 21.1. The molecule has 0 spiro atoms. The van der Waals surface area contributed by atoms with E-state index in [9.17, 15) is 13.2 Å². The molecule has 0 radical (unpaired) electrons. The van der Waals surface area contributed by atoms with E-state index in [2.05, 4.69) is 24.3 Å². The van der Waals surface area contributed by atoms with Gasteiger partial charge in [-0.1, -0.05) is 56.0 Å². The molecule has 146 valence electrons. The van der Waals surface area contributed by atoms with Crippen molar-refractivity contribution in [2.45, 2.75) is 56.3 Å². The number of esters is 1. The fourth-order valence-electron chi connectivity index (χ4n) is 2.81. The molecule has 5 nitrogen and oxygen atoms in total. The lowest BCUT2D eigenvalue weighted by Crippen LogP contribution is -2.07. The lowest BCUT2D eigenvalue weighted by molar-refractivity contribution is -0.134. The highest BCUT2D eigenvalue weighted by atomic mass is 32.2. The molecule has 0 aromatic heterocycles. The average Bonchev–Trinajstić information content (AvgIpc) is 2.64. The smallest absolute Gasteiger partial charge is 0.311 e. The SMILES string of the molecule is O=C(CCCCCCCCc1ccccc1)Oc1ccc(S(=O)(=O)O)cc1. The van der Waals surface area contributed by atoms with Gasteiger partial charge in [0.1, 0.15) is 5.75 Å². The van der Waals surface area contributed by atoms with Crippen LogP contribution in [0.15, 0.2) is 59.5 Å². The molecule has 0 fully saturated rings. The van der Waals surface area contributed by atoms with E-state index in [0.29, 0.717) is 6.42 Å². The third kappa shape index (κ3) is 8.37. The van der Waals surface area contributed by atoms with Crippen molar-refractivity contribution in [3.63, 3.8) is 0 Å². The van der Waals surface area contributed by atoms with Gasteiger partial charge in [0.15, 0.2) is 0 Å². The predicted molar refractivity (Wildman–Crippen MR) is 104 cm³/mol. The zero-order valence-corrected chi connectivity index (χ0v) is 16.2. The van der Waals surface area contributed by atoms with Crippen LogP contribution in [0.5, 0.6) is 5.75 Å². The molecule has 0 atom stereocenters. The third-order valence-corrected chi connectivity index (χ3v) is 5.16. The largest absolute Gasteiger partial charge is 0.427 e. The fourth-order valence-corrected chi connectivity index (χ4v) is 3.29. The number of benzene rings is 2. The summed E-state index contributed by atoms with van der Waals surface area (Å²) in [6.45, 7) is 0. The zero-order chi connectivity index (χ0) is 19.5. The van der Waals surface area contributed by atoms with Crippen LogP contribution in [0.2, 0.25) is 0 Å². The molecule has 0 aliphatic heterocycles. The summed E-state index contributed by atoms with van der Waals surface area (Å²) in [4.78, 5) is 11.6. The summed E-state index contributed by atoms with van der Waals surface area (Å²) in [5.41, 5.74) is 1.38. The van der Waals surface area contributed by atoms with Crippen LogP contribution in [0.3, 0.4) is 0 Å². The maximum Gasteiger partial charge on any atom is 0.311 e. The van der Waals surface area contributed by atoms with Gasteiger partial charge in [-0.25, -0.2) is 0 Å². The standard InChI is InChI=1S/C21H26O5S/c22-21(26-19-14-16-20(17-15-19)27(23,24)25)13-9-4-2-1-3-6-10-18-11-7-5-8-12-18/h5,7-8,11-12,14-17H,1-4,6,9-10,13H2,(H,23,24,25). The Labute approximate surface area is 161 Å². The van der Waals surface area contributed by atoms with Crippen LogP contribution < -0.4 is 4.74 Å². The van der Waals surface area contributed by atoms with Gasteiger partial charge in [0.25, 0.3) is 10.1 Å². The molecule has 0 aliphatic carbocycles. The Morgan fingerprint density at radius 3 is 2.04 bits per heavy atom. The molecule has 0 saturated heterocycles. The molecule has 2 aromatic rings. The fraction of sp³-hybridized carbons (Fsp3) is 0.381. The van der Waals surface area contributed by atoms with Crippen molar-refractivity contribution in [3.05, 3.63) is 60.2 Å². The minimum absolute atomic E-state index is 0.227. The second-order valence-electron chi connectivity index (χ2n) is 6.53. The van der Waals surface area contributed by atoms with Crippen LogP contribution in [0.1, 0.15) is 50.5 Å². The van der Waals surface area contributed by atoms with E-state index in [-0.39, 0.29) is 16.6 Å². The van der Waals surface area contributed by atoms with E-state index in [0.717, 1.165) is 25.7 Å². The van der Waals surface area contributed by atoms with Crippen LogP contribution in [0.25, 0.3) is 0 Å². The molecule has 0 aliphatic rings. The van der Waals surface area contributed by atoms with Gasteiger partial charge >= 0.3 is 5.97 Å². The molecule has 2 rings (SSSR count). The second-order valence-corrected chi connectivity index (χ2v) is 7.95. The Kier molecular flexibility index (Phi) is 8.48. The first-order valence-electron chi connectivity index (χ1n) is 9.27. The predicted octanol–water partition coefficient (Wildman–Crippen LogP) is 4.81. The number of carbonyl (C=O) groups is 1. The molecule has 1 N–H and O–H groups in total. The van der Waals surface area contributed by atoms with Crippen LogP contribution >= 0.6 is 0 Å². The summed E-state index contributed by atoms with van der Waals surface area (Å²) in [6.07, 6.45) is 7.87. The zero-order valence-electron chi connectivity index (χ0n) is 15.3. The van der Waals surface area contributed by atoms with Crippen molar-refractivity contribution in [1.29, 1.82) is 0 Å². The van der Waals surface area contributed by atoms with Gasteiger partial charge in [-0.2, -0.15) is 8.42 Å². The Balaban J connectivity index is 1.53. The molecule has 0 unspecified atom stereocenters. The van der Waals surface area contributed by atoms with Gasteiger partial charge in [-0.05, 0) is 49.1 Å². The Hall–Kier alpha value is -2.18. The molecular formula is C21H26O5S. The summed E-state index contributed by atoms with van der Waals surface area (Å²) in [5.74, 6) is -0.0630. The van der Waals surface area contributed by atoms with Gasteiger partial charge in [-0.15, -0.1) is 0 Å². The number of rotatable bonds is 11. The average molecular weight is 391 g/mol. The Morgan fingerprint density at radius 2 is 1.41 bits per heavy atom. The third-order valence-electron chi connectivity index (χ3n) is 4.29. The number of unbranched alkanes of at least 4 members (excludes halogenated alkanes) is 5. The van der Waals surface area contributed by atoms with Gasteiger partial charge in [0.05, 0.1) is 4.90 Å². The van der Waals surface area contributed by atoms with E-state index >= 15 is 0 Å². The summed E-state index contributed by atoms with van der Waals surface area (Å²) >= 11 is 0. The number of ether oxygens (including phenoxy) is 1. The number of carbonyl (C=O) groups excluding carboxylic acids is 1. The first-order valence-corrected chi connectivity index (χ1v) is 10.7. The van der Waals surface area contributed by atoms with Crippen molar-refractivity contribution in [3.8, 4) is 5.75 Å². The lowest BCUT2D eigenvalue weighted by atomic mass is 10.0. The van der Waals surface area contributed by atoms with E-state index < -0.39 is 10.1 Å². The number of aryl methyl sites for hydroxylation is 1. The molecule has 0 heterocycles. The molecule has 27 heavy (non-hydrogen) atoms. The van der Waals surface area contributed by atoms with Crippen molar-refractivity contribution < 1.29 is 22.5 Å². The summed E-state index contributed by atoms with van der Waals surface area (Å²) in [7, 11) is -4.23. The van der Waals surface area contributed by atoms with Crippen molar-refractivity contribution in [1.82, 2.24) is 0 Å². The van der Waals surface area contributed by atoms with Crippen LogP contribution in [-0.2, 0) is 21.3 Å². The molecule has 0 saturated carbocycles. The lowest BCUT2D eigenvalue weighted by Gasteiger charge is -2.05. The number of hydrogen-bond acceptors (Lipinski definition) is 4. The quantitative estimate of drug-likeness (QED) is 0.258. The topological polar surface area (TPSA) is 80.7 Å². The molecular weight excluding hydrogens is 364 g/mol. The van der Waals surface area contributed by atoms with E-state index in [1.54, 1.807) is 0 Å². The summed E-state index contributed by atoms with van der Waals surface area (Å²) in [6, 6.07) is 15.6. The molecule has 0 amide bonds. The maximum atomic E-state index is 11.8. The monoisotopic (exact) mass is 390 g/mol. The van der Waals surface area contributed by atoms with Gasteiger partial charge in [0.2, 0.25) is 0 Å². The van der Waals surface area contributed by atoms with Crippen molar-refractivity contribution in [2.75, 3.05) is 0 Å². The minimum Gasteiger partial charge on any atom is -0.427 e. The van der Waals surface area contributed by atoms with Crippen molar-refractivity contribution in [2.24, 2.45) is 0 Å². The Bertz CT molecular complexity index is 798. The van der Waals surface area contributed by atoms with Gasteiger partial charge in [-0.3, -0.25) is 9.35 Å². The normalized spacial score (nSPS) is 11.3. The first-order chi connectivity index (χ1) is 12.9. The van der Waals surface area contributed by atoms with Crippen LogP contribution in [0, 0.1) is 0 Å². The highest BCUT2D eigenvalue weighted by Gasteiger charge is 2.10. The van der Waals surface area contributed by atoms with E-state index in [1.807, 2.05) is 6.07 Å². The number of hydrogen-bond donors (Lipinski definition) is 1. The highest BCUT2D eigenvalue weighted by Crippen LogP contribution is 2.17. The molecule has 2 aromatic carbocycles. The summed E-state index contributed by atoms with van der Waals surface area (Å²) < 4.78 is 36.0. The van der Waals surface area contributed by atoms with Gasteiger partial charge < -0.3 is 4.74 Å². The second kappa shape index (κ2) is 10.8. The van der Waals surface area contributed by atoms with E-state index in [1.165, 1.54) is 49.1 Å². The summed E-state index contributed by atoms with van der Waals surface area (Å²) in [5, 5.41) is 0. The molecule has 6 heteroatoms. The maximum absolute atomic E-state index is 11.8.